The van der Waals surface area contributed by atoms with E-state index in [0.717, 1.165) is 29.8 Å². The molecule has 0 spiro atoms. The van der Waals surface area contributed by atoms with Crippen molar-refractivity contribution in [3.05, 3.63) is 64.7 Å². The van der Waals surface area contributed by atoms with Gasteiger partial charge in [0, 0.05) is 12.5 Å². The number of hydrogen-bond acceptors (Lipinski definition) is 3. The molecular weight excluding hydrogens is 276 g/mol. The van der Waals surface area contributed by atoms with Gasteiger partial charge in [0.25, 0.3) is 0 Å². The van der Waals surface area contributed by atoms with Gasteiger partial charge in [0.2, 0.25) is 0 Å². The fourth-order valence-electron chi connectivity index (χ4n) is 2.55. The van der Waals surface area contributed by atoms with Crippen molar-refractivity contribution in [3.63, 3.8) is 0 Å². The summed E-state index contributed by atoms with van der Waals surface area (Å²) in [5, 5.41) is 1.15. The molecule has 0 saturated heterocycles. The molecule has 0 aliphatic carbocycles. The van der Waals surface area contributed by atoms with Crippen LogP contribution in [-0.4, -0.2) is 11.0 Å². The van der Waals surface area contributed by atoms with Crippen molar-refractivity contribution in [3.8, 4) is 0 Å². The van der Waals surface area contributed by atoms with Crippen molar-refractivity contribution < 1.29 is 0 Å². The van der Waals surface area contributed by atoms with E-state index in [1.54, 1.807) is 11.3 Å². The molecule has 1 unspecified atom stereocenters. The summed E-state index contributed by atoms with van der Waals surface area (Å²) in [7, 11) is 0. The van der Waals surface area contributed by atoms with Gasteiger partial charge in [-0.1, -0.05) is 42.0 Å². The molecule has 2 aromatic carbocycles. The summed E-state index contributed by atoms with van der Waals surface area (Å²) in [5.74, 6) is 0. The molecule has 0 aliphatic rings. The minimum Gasteiger partial charge on any atom is -0.327 e. The fraction of sp³-hybridized carbons (Fsp3) is 0.278. The van der Waals surface area contributed by atoms with E-state index in [4.69, 9.17) is 5.73 Å². The van der Waals surface area contributed by atoms with E-state index in [9.17, 15) is 0 Å². The zero-order valence-electron chi connectivity index (χ0n) is 12.3. The van der Waals surface area contributed by atoms with Crippen molar-refractivity contribution in [2.45, 2.75) is 32.2 Å². The van der Waals surface area contributed by atoms with Gasteiger partial charge in [0.05, 0.1) is 15.2 Å². The summed E-state index contributed by atoms with van der Waals surface area (Å²) in [5.41, 5.74) is 10.0. The SMILES string of the molecule is Cc1cccc(CCC(N)Cc2nc3ccccc3s2)c1. The highest BCUT2D eigenvalue weighted by Gasteiger charge is 2.09. The zero-order chi connectivity index (χ0) is 14.7. The minimum atomic E-state index is 0.172. The average Bonchev–Trinajstić information content (AvgIpc) is 2.87. The number of para-hydroxylation sites is 1. The van der Waals surface area contributed by atoms with Crippen LogP contribution in [0, 0.1) is 6.92 Å². The third-order valence-corrected chi connectivity index (χ3v) is 4.72. The van der Waals surface area contributed by atoms with Crippen LogP contribution in [0.5, 0.6) is 0 Å². The van der Waals surface area contributed by atoms with E-state index in [2.05, 4.69) is 54.4 Å². The lowest BCUT2D eigenvalue weighted by Crippen LogP contribution is -2.23. The molecule has 0 saturated carbocycles. The van der Waals surface area contributed by atoms with Crippen molar-refractivity contribution in [1.29, 1.82) is 0 Å². The number of nitrogens with two attached hydrogens (primary N) is 1. The first-order chi connectivity index (χ1) is 10.2. The van der Waals surface area contributed by atoms with Crippen LogP contribution < -0.4 is 5.73 Å². The van der Waals surface area contributed by atoms with Crippen LogP contribution in [0.3, 0.4) is 0 Å². The maximum Gasteiger partial charge on any atom is 0.0954 e. The maximum atomic E-state index is 6.28. The number of aryl methyl sites for hydroxylation is 2. The van der Waals surface area contributed by atoms with Gasteiger partial charge in [-0.05, 0) is 37.5 Å². The average molecular weight is 296 g/mol. The number of rotatable bonds is 5. The van der Waals surface area contributed by atoms with Crippen LogP contribution in [0.2, 0.25) is 0 Å². The lowest BCUT2D eigenvalue weighted by Gasteiger charge is -2.10. The first-order valence-electron chi connectivity index (χ1n) is 7.36. The third-order valence-electron chi connectivity index (χ3n) is 3.66. The molecule has 3 rings (SSSR count). The minimum absolute atomic E-state index is 0.172. The van der Waals surface area contributed by atoms with Crippen LogP contribution in [0.4, 0.5) is 0 Å². The molecule has 0 radical (unpaired) electrons. The lowest BCUT2D eigenvalue weighted by molar-refractivity contribution is 0.609. The van der Waals surface area contributed by atoms with Crippen molar-refractivity contribution in [1.82, 2.24) is 4.98 Å². The number of thiazole rings is 1. The van der Waals surface area contributed by atoms with Gasteiger partial charge >= 0.3 is 0 Å². The number of fused-ring (bicyclic) bond motifs is 1. The summed E-state index contributed by atoms with van der Waals surface area (Å²) < 4.78 is 1.25. The molecule has 0 bridgehead atoms. The molecule has 0 aliphatic heterocycles. The fourth-order valence-corrected chi connectivity index (χ4v) is 3.61. The van der Waals surface area contributed by atoms with Crippen LogP contribution in [0.15, 0.2) is 48.5 Å². The monoisotopic (exact) mass is 296 g/mol. The Hall–Kier alpha value is -1.71. The van der Waals surface area contributed by atoms with Gasteiger partial charge in [0.1, 0.15) is 0 Å². The Morgan fingerprint density at radius 1 is 1.14 bits per heavy atom. The van der Waals surface area contributed by atoms with E-state index in [1.165, 1.54) is 15.8 Å². The Balaban J connectivity index is 1.59. The van der Waals surface area contributed by atoms with Gasteiger partial charge < -0.3 is 5.73 Å². The number of nitrogens with zero attached hydrogens (tertiary/aromatic N) is 1. The van der Waals surface area contributed by atoms with Crippen LogP contribution in [0.1, 0.15) is 22.6 Å². The molecule has 2 nitrogen and oxygen atoms in total. The van der Waals surface area contributed by atoms with Gasteiger partial charge in [-0.3, -0.25) is 0 Å². The predicted octanol–water partition coefficient (Wildman–Crippen LogP) is 4.11. The zero-order valence-corrected chi connectivity index (χ0v) is 13.1. The molecule has 0 amide bonds. The van der Waals surface area contributed by atoms with Gasteiger partial charge in [-0.15, -0.1) is 11.3 Å². The van der Waals surface area contributed by atoms with Crippen LogP contribution in [-0.2, 0) is 12.8 Å². The molecular formula is C18H20N2S. The summed E-state index contributed by atoms with van der Waals surface area (Å²) in [6.07, 6.45) is 2.90. The van der Waals surface area contributed by atoms with E-state index < -0.39 is 0 Å². The van der Waals surface area contributed by atoms with Crippen molar-refractivity contribution >= 4 is 21.6 Å². The molecule has 3 aromatic rings. The Kier molecular flexibility index (Phi) is 4.32. The largest absolute Gasteiger partial charge is 0.327 e. The molecule has 1 heterocycles. The molecule has 21 heavy (non-hydrogen) atoms. The molecule has 3 heteroatoms. The van der Waals surface area contributed by atoms with Crippen LogP contribution in [0.25, 0.3) is 10.2 Å². The van der Waals surface area contributed by atoms with Gasteiger partial charge in [-0.25, -0.2) is 4.98 Å². The second-order valence-corrected chi connectivity index (χ2v) is 6.68. The summed E-state index contributed by atoms with van der Waals surface area (Å²) in [6, 6.07) is 17.1. The van der Waals surface area contributed by atoms with Crippen LogP contribution >= 0.6 is 11.3 Å². The van der Waals surface area contributed by atoms with Gasteiger partial charge in [0.15, 0.2) is 0 Å². The normalized spacial score (nSPS) is 12.7. The predicted molar refractivity (Wildman–Crippen MR) is 90.8 cm³/mol. The number of hydrogen-bond donors (Lipinski definition) is 1. The van der Waals surface area contributed by atoms with Gasteiger partial charge in [-0.2, -0.15) is 0 Å². The van der Waals surface area contributed by atoms with E-state index in [-0.39, 0.29) is 6.04 Å². The summed E-state index contributed by atoms with van der Waals surface area (Å²) in [6.45, 7) is 2.13. The Labute approximate surface area is 129 Å². The Morgan fingerprint density at radius 3 is 2.81 bits per heavy atom. The standard InChI is InChI=1S/C18H20N2S/c1-13-5-4-6-14(11-13)9-10-15(19)12-18-20-16-7-2-3-8-17(16)21-18/h2-8,11,15H,9-10,12,19H2,1H3. The molecule has 0 fully saturated rings. The highest BCUT2D eigenvalue weighted by Crippen LogP contribution is 2.22. The molecule has 108 valence electrons. The van der Waals surface area contributed by atoms with E-state index in [0.29, 0.717) is 0 Å². The second-order valence-electron chi connectivity index (χ2n) is 5.57. The molecule has 1 atom stereocenters. The number of benzene rings is 2. The Morgan fingerprint density at radius 2 is 2.00 bits per heavy atom. The highest BCUT2D eigenvalue weighted by atomic mass is 32.1. The maximum absolute atomic E-state index is 6.28. The third kappa shape index (κ3) is 3.69. The smallest absolute Gasteiger partial charge is 0.0954 e. The lowest BCUT2D eigenvalue weighted by atomic mass is 10.0. The molecule has 2 N–H and O–H groups in total. The molecule has 1 aromatic heterocycles. The first kappa shape index (κ1) is 14.2. The van der Waals surface area contributed by atoms with E-state index in [1.807, 2.05) is 6.07 Å². The van der Waals surface area contributed by atoms with Crippen molar-refractivity contribution in [2.75, 3.05) is 0 Å². The quantitative estimate of drug-likeness (QED) is 0.769. The van der Waals surface area contributed by atoms with Crippen molar-refractivity contribution in [2.24, 2.45) is 5.73 Å². The topological polar surface area (TPSA) is 38.9 Å². The number of aromatic nitrogens is 1. The Bertz CT molecular complexity index is 700. The highest BCUT2D eigenvalue weighted by molar-refractivity contribution is 7.18. The first-order valence-corrected chi connectivity index (χ1v) is 8.18. The summed E-state index contributed by atoms with van der Waals surface area (Å²) >= 11 is 1.76. The van der Waals surface area contributed by atoms with E-state index >= 15 is 0 Å². The summed E-state index contributed by atoms with van der Waals surface area (Å²) in [4.78, 5) is 4.66. The second kappa shape index (κ2) is 6.37.